The second-order valence-corrected chi connectivity index (χ2v) is 6.10. The van der Waals surface area contributed by atoms with E-state index in [1.165, 1.54) is 0 Å². The molecule has 0 radical (unpaired) electrons. The van der Waals surface area contributed by atoms with Crippen molar-refractivity contribution in [3.05, 3.63) is 77.6 Å². The molecule has 0 aliphatic carbocycles. The number of para-hydroxylation sites is 2. The minimum Gasteiger partial charge on any atom is -0.493 e. The van der Waals surface area contributed by atoms with Crippen molar-refractivity contribution in [3.63, 3.8) is 0 Å². The zero-order valence-electron chi connectivity index (χ0n) is 16.1. The minimum absolute atomic E-state index is 0.215. The third-order valence-electron chi connectivity index (χ3n) is 4.09. The highest BCUT2D eigenvalue weighted by atomic mass is 16.5. The number of amides is 1. The molecule has 1 N–H and O–H groups in total. The molecule has 1 aromatic heterocycles. The van der Waals surface area contributed by atoms with Gasteiger partial charge >= 0.3 is 0 Å². The predicted molar refractivity (Wildman–Crippen MR) is 107 cm³/mol. The van der Waals surface area contributed by atoms with E-state index < -0.39 is 0 Å². The van der Waals surface area contributed by atoms with Crippen LogP contribution < -0.4 is 14.8 Å². The molecule has 0 bridgehead atoms. The molecule has 3 rings (SSSR count). The van der Waals surface area contributed by atoms with E-state index in [1.54, 1.807) is 57.5 Å². The summed E-state index contributed by atoms with van der Waals surface area (Å²) < 4.78 is 16.2. The van der Waals surface area contributed by atoms with Gasteiger partial charge in [0.2, 0.25) is 0 Å². The van der Waals surface area contributed by atoms with Crippen LogP contribution in [0.1, 0.15) is 21.7 Å². The second kappa shape index (κ2) is 9.01. The number of pyridine rings is 1. The van der Waals surface area contributed by atoms with Crippen LogP contribution in [0.5, 0.6) is 17.2 Å². The third-order valence-corrected chi connectivity index (χ3v) is 4.09. The Labute approximate surface area is 164 Å². The lowest BCUT2D eigenvalue weighted by molar-refractivity contribution is 0.102. The molecule has 6 nitrogen and oxygen atoms in total. The smallest absolute Gasteiger partial charge is 0.257 e. The summed E-state index contributed by atoms with van der Waals surface area (Å²) in [4.78, 5) is 16.9. The van der Waals surface area contributed by atoms with Gasteiger partial charge in [0.1, 0.15) is 5.75 Å². The molecular formula is C22H22N2O4. The van der Waals surface area contributed by atoms with Gasteiger partial charge in [0.15, 0.2) is 11.5 Å². The van der Waals surface area contributed by atoms with Crippen molar-refractivity contribution in [2.24, 2.45) is 0 Å². The molecule has 6 heteroatoms. The molecule has 0 saturated heterocycles. The van der Waals surface area contributed by atoms with Crippen LogP contribution in [0, 0.1) is 6.92 Å². The van der Waals surface area contributed by atoms with Crippen LogP contribution in [0.25, 0.3) is 0 Å². The Hall–Kier alpha value is -3.38. The average molecular weight is 378 g/mol. The number of carbonyl (C=O) groups is 1. The standard InChI is InChI=1S/C22H22N2O4/c1-15-19(13-10-17(23-15)14-26-2)22(25)24-16-8-11-18(12-9-16)28-21-7-5-4-6-20(21)27-3/h4-13H,14H2,1-3H3,(H,24,25). The van der Waals surface area contributed by atoms with E-state index in [2.05, 4.69) is 10.3 Å². The van der Waals surface area contributed by atoms with Crippen molar-refractivity contribution in [1.82, 2.24) is 4.98 Å². The largest absolute Gasteiger partial charge is 0.493 e. The van der Waals surface area contributed by atoms with Crippen molar-refractivity contribution in [2.75, 3.05) is 19.5 Å². The summed E-state index contributed by atoms with van der Waals surface area (Å²) in [6, 6.07) is 18.1. The molecular weight excluding hydrogens is 356 g/mol. The van der Waals surface area contributed by atoms with Crippen molar-refractivity contribution in [1.29, 1.82) is 0 Å². The molecule has 2 aromatic carbocycles. The topological polar surface area (TPSA) is 69.7 Å². The second-order valence-electron chi connectivity index (χ2n) is 6.10. The number of hydrogen-bond acceptors (Lipinski definition) is 5. The van der Waals surface area contributed by atoms with Gasteiger partial charge in [-0.2, -0.15) is 0 Å². The Kier molecular flexibility index (Phi) is 6.24. The quantitative estimate of drug-likeness (QED) is 0.651. The van der Waals surface area contributed by atoms with E-state index in [9.17, 15) is 4.79 Å². The Morgan fingerprint density at radius 1 is 0.964 bits per heavy atom. The summed E-state index contributed by atoms with van der Waals surface area (Å²) in [6.07, 6.45) is 0. The van der Waals surface area contributed by atoms with Crippen LogP contribution in [0.15, 0.2) is 60.7 Å². The molecule has 3 aromatic rings. The number of aromatic nitrogens is 1. The zero-order chi connectivity index (χ0) is 19.9. The number of ether oxygens (including phenoxy) is 3. The Morgan fingerprint density at radius 3 is 2.32 bits per heavy atom. The number of anilines is 1. The summed E-state index contributed by atoms with van der Waals surface area (Å²) >= 11 is 0. The highest BCUT2D eigenvalue weighted by Gasteiger charge is 2.11. The van der Waals surface area contributed by atoms with Gasteiger partial charge in [-0.15, -0.1) is 0 Å². The maximum atomic E-state index is 12.5. The number of aryl methyl sites for hydroxylation is 1. The zero-order valence-corrected chi connectivity index (χ0v) is 16.1. The highest BCUT2D eigenvalue weighted by molar-refractivity contribution is 6.05. The third kappa shape index (κ3) is 4.66. The van der Waals surface area contributed by atoms with Gasteiger partial charge in [-0.25, -0.2) is 0 Å². The molecule has 0 aliphatic rings. The molecule has 28 heavy (non-hydrogen) atoms. The molecule has 0 aliphatic heterocycles. The van der Waals surface area contributed by atoms with Gasteiger partial charge in [-0.3, -0.25) is 9.78 Å². The van der Waals surface area contributed by atoms with Crippen LogP contribution in [-0.2, 0) is 11.3 Å². The van der Waals surface area contributed by atoms with Crippen molar-refractivity contribution in [3.8, 4) is 17.2 Å². The summed E-state index contributed by atoms with van der Waals surface area (Å²) in [5, 5.41) is 2.87. The van der Waals surface area contributed by atoms with Gasteiger partial charge in [0, 0.05) is 12.8 Å². The van der Waals surface area contributed by atoms with Crippen LogP contribution in [-0.4, -0.2) is 25.1 Å². The average Bonchev–Trinajstić information content (AvgIpc) is 2.70. The molecule has 0 spiro atoms. The summed E-state index contributed by atoms with van der Waals surface area (Å²) in [5.41, 5.74) is 2.63. The van der Waals surface area contributed by atoms with Gasteiger partial charge in [-0.1, -0.05) is 12.1 Å². The molecule has 144 valence electrons. The van der Waals surface area contributed by atoms with Crippen LogP contribution in [0.2, 0.25) is 0 Å². The SMILES string of the molecule is COCc1ccc(C(=O)Nc2ccc(Oc3ccccc3OC)cc2)c(C)n1. The number of methoxy groups -OCH3 is 2. The fraction of sp³-hybridized carbons (Fsp3) is 0.182. The lowest BCUT2D eigenvalue weighted by atomic mass is 10.1. The van der Waals surface area contributed by atoms with E-state index >= 15 is 0 Å². The summed E-state index contributed by atoms with van der Waals surface area (Å²) in [5.74, 6) is 1.70. The maximum absolute atomic E-state index is 12.5. The number of rotatable bonds is 7. The first-order valence-electron chi connectivity index (χ1n) is 8.78. The molecule has 0 atom stereocenters. The number of hydrogen-bond donors (Lipinski definition) is 1. The fourth-order valence-corrected chi connectivity index (χ4v) is 2.72. The number of benzene rings is 2. The monoisotopic (exact) mass is 378 g/mol. The van der Waals surface area contributed by atoms with Gasteiger partial charge in [-0.05, 0) is 55.5 Å². The lowest BCUT2D eigenvalue weighted by Crippen LogP contribution is -2.14. The van der Waals surface area contributed by atoms with Crippen LogP contribution in [0.4, 0.5) is 5.69 Å². The Balaban J connectivity index is 1.68. The first-order valence-corrected chi connectivity index (χ1v) is 8.78. The molecule has 1 amide bonds. The molecule has 1 heterocycles. The van der Waals surface area contributed by atoms with Crippen LogP contribution >= 0.6 is 0 Å². The molecule has 0 saturated carbocycles. The normalized spacial score (nSPS) is 10.4. The fourth-order valence-electron chi connectivity index (χ4n) is 2.72. The van der Waals surface area contributed by atoms with Crippen molar-refractivity contribution >= 4 is 11.6 Å². The number of nitrogens with zero attached hydrogens (tertiary/aromatic N) is 1. The van der Waals surface area contributed by atoms with Crippen molar-refractivity contribution < 1.29 is 19.0 Å². The van der Waals surface area contributed by atoms with Gasteiger partial charge < -0.3 is 19.5 Å². The van der Waals surface area contributed by atoms with Gasteiger partial charge in [0.05, 0.1) is 30.7 Å². The predicted octanol–water partition coefficient (Wildman–Crippen LogP) is 4.59. The number of carbonyl (C=O) groups excluding carboxylic acids is 1. The molecule has 0 unspecified atom stereocenters. The van der Waals surface area contributed by atoms with Crippen LogP contribution in [0.3, 0.4) is 0 Å². The Morgan fingerprint density at radius 2 is 1.68 bits per heavy atom. The number of nitrogens with one attached hydrogen (secondary N) is 1. The summed E-state index contributed by atoms with van der Waals surface area (Å²) in [6.45, 7) is 2.22. The van der Waals surface area contributed by atoms with Gasteiger partial charge in [0.25, 0.3) is 5.91 Å². The minimum atomic E-state index is -0.215. The molecule has 0 fully saturated rings. The first kappa shape index (κ1) is 19.4. The van der Waals surface area contributed by atoms with Crippen molar-refractivity contribution in [2.45, 2.75) is 13.5 Å². The summed E-state index contributed by atoms with van der Waals surface area (Å²) in [7, 11) is 3.21. The maximum Gasteiger partial charge on any atom is 0.257 e. The van der Waals surface area contributed by atoms with E-state index in [0.717, 1.165) is 5.69 Å². The Bertz CT molecular complexity index is 955. The highest BCUT2D eigenvalue weighted by Crippen LogP contribution is 2.31. The van der Waals surface area contributed by atoms with E-state index in [1.807, 2.05) is 24.3 Å². The van der Waals surface area contributed by atoms with E-state index in [-0.39, 0.29) is 5.91 Å². The first-order chi connectivity index (χ1) is 13.6. The lowest BCUT2D eigenvalue weighted by Gasteiger charge is -2.11. The van der Waals surface area contributed by atoms with E-state index in [4.69, 9.17) is 14.2 Å². The van der Waals surface area contributed by atoms with E-state index in [0.29, 0.717) is 40.8 Å².